The van der Waals surface area contributed by atoms with Crippen LogP contribution in [0.5, 0.6) is 5.75 Å². The van der Waals surface area contributed by atoms with Crippen molar-refractivity contribution in [2.45, 2.75) is 45.3 Å². The highest BCUT2D eigenvalue weighted by atomic mass is 19.1. The van der Waals surface area contributed by atoms with Gasteiger partial charge in [0.25, 0.3) is 0 Å². The van der Waals surface area contributed by atoms with Crippen LogP contribution in [0.15, 0.2) is 30.3 Å². The van der Waals surface area contributed by atoms with Gasteiger partial charge in [0.15, 0.2) is 0 Å². The summed E-state index contributed by atoms with van der Waals surface area (Å²) in [5.74, 6) is -0.0243. The van der Waals surface area contributed by atoms with Crippen LogP contribution in [0.1, 0.15) is 36.5 Å². The van der Waals surface area contributed by atoms with Gasteiger partial charge in [0.05, 0.1) is 26.7 Å². The van der Waals surface area contributed by atoms with Gasteiger partial charge >= 0.3 is 12.1 Å². The number of carbonyl (C=O) groups excluding carboxylic acids is 2. The molecular weight excluding hydrogens is 417 g/mol. The summed E-state index contributed by atoms with van der Waals surface area (Å²) in [4.78, 5) is 29.1. The fourth-order valence-electron chi connectivity index (χ4n) is 3.80. The Bertz CT molecular complexity index is 1020. The maximum Gasteiger partial charge on any atom is 0.528 e. The monoisotopic (exact) mass is 443 g/mol. The molecule has 0 saturated heterocycles. The largest absolute Gasteiger partial charge is 0.528 e. The zero-order chi connectivity index (χ0) is 22.7. The number of hydrogen-bond acceptors (Lipinski definition) is 7. The van der Waals surface area contributed by atoms with E-state index >= 15 is 0 Å². The van der Waals surface area contributed by atoms with Crippen molar-refractivity contribution in [3.8, 4) is 16.9 Å². The number of ether oxygens (including phenoxy) is 3. The molecule has 7 nitrogen and oxygen atoms in total. The fraction of sp³-hybridized carbons (Fsp3) is 0.417. The van der Waals surface area contributed by atoms with Gasteiger partial charge in [-0.25, -0.2) is 9.18 Å². The van der Waals surface area contributed by atoms with Crippen molar-refractivity contribution < 1.29 is 33.0 Å². The van der Waals surface area contributed by atoms with Gasteiger partial charge in [0.2, 0.25) is 0 Å². The number of hydroxylamine groups is 2. The van der Waals surface area contributed by atoms with E-state index < -0.39 is 6.16 Å². The second kappa shape index (κ2) is 9.56. The molecule has 1 aliphatic heterocycles. The van der Waals surface area contributed by atoms with E-state index in [-0.39, 0.29) is 30.9 Å². The molecule has 2 aliphatic rings. The highest BCUT2D eigenvalue weighted by Gasteiger charge is 2.30. The topological polar surface area (TPSA) is 74.3 Å². The Hall–Kier alpha value is -3.13. The van der Waals surface area contributed by atoms with Crippen LogP contribution in [0.25, 0.3) is 11.1 Å². The van der Waals surface area contributed by atoms with Crippen molar-refractivity contribution in [1.29, 1.82) is 0 Å². The molecule has 0 spiro atoms. The van der Waals surface area contributed by atoms with E-state index in [9.17, 15) is 14.0 Å². The molecule has 0 amide bonds. The van der Waals surface area contributed by atoms with Crippen molar-refractivity contribution in [3.05, 3.63) is 52.8 Å². The lowest BCUT2D eigenvalue weighted by molar-refractivity contribution is -0.140. The van der Waals surface area contributed by atoms with Crippen LogP contribution in [0.2, 0.25) is 0 Å². The zero-order valence-electron chi connectivity index (χ0n) is 18.2. The van der Waals surface area contributed by atoms with Gasteiger partial charge in [-0.1, -0.05) is 12.1 Å². The summed E-state index contributed by atoms with van der Waals surface area (Å²) >= 11 is 0. The number of benzene rings is 2. The van der Waals surface area contributed by atoms with Crippen molar-refractivity contribution in [2.24, 2.45) is 0 Å². The molecule has 2 aromatic carbocycles. The summed E-state index contributed by atoms with van der Waals surface area (Å²) < 4.78 is 30.4. The first-order valence-electron chi connectivity index (χ1n) is 10.7. The number of esters is 1. The Morgan fingerprint density at radius 1 is 1.12 bits per heavy atom. The number of hydrogen-bond donors (Lipinski definition) is 0. The normalized spacial score (nSPS) is 15.6. The van der Waals surface area contributed by atoms with Crippen LogP contribution in [0, 0.1) is 5.82 Å². The number of nitrogens with zero attached hydrogens (tertiary/aromatic N) is 1. The van der Waals surface area contributed by atoms with Gasteiger partial charge in [-0.3, -0.25) is 4.79 Å². The summed E-state index contributed by atoms with van der Waals surface area (Å²) in [6, 6.07) is 8.60. The Morgan fingerprint density at radius 3 is 2.66 bits per heavy atom. The maximum atomic E-state index is 14.6. The molecule has 1 saturated carbocycles. The summed E-state index contributed by atoms with van der Waals surface area (Å²) in [6.07, 6.45) is 1.42. The molecule has 2 aromatic rings. The molecule has 4 rings (SSSR count). The summed E-state index contributed by atoms with van der Waals surface area (Å²) in [7, 11) is 1.34. The van der Waals surface area contributed by atoms with Crippen molar-refractivity contribution in [3.63, 3.8) is 0 Å². The van der Waals surface area contributed by atoms with Gasteiger partial charge in [-0.15, -0.1) is 5.06 Å². The van der Waals surface area contributed by atoms with Gasteiger partial charge < -0.3 is 19.0 Å². The molecule has 1 aliphatic carbocycles. The van der Waals surface area contributed by atoms with E-state index in [4.69, 9.17) is 19.0 Å². The Kier molecular flexibility index (Phi) is 6.60. The predicted molar refractivity (Wildman–Crippen MR) is 113 cm³/mol. The van der Waals surface area contributed by atoms with Crippen LogP contribution in [-0.4, -0.2) is 43.6 Å². The minimum atomic E-state index is -0.732. The SMILES string of the molecule is CCOc1ccc(CC(=O)OC)cc1-c1ccc(F)c2c1CN(OC(=O)OC1CC1)CC2. The summed E-state index contributed by atoms with van der Waals surface area (Å²) in [5, 5.41) is 1.49. The lowest BCUT2D eigenvalue weighted by atomic mass is 9.90. The lowest BCUT2D eigenvalue weighted by Gasteiger charge is -2.29. The molecule has 0 bridgehead atoms. The van der Waals surface area contributed by atoms with Crippen molar-refractivity contribution in [2.75, 3.05) is 20.3 Å². The summed E-state index contributed by atoms with van der Waals surface area (Å²) in [6.45, 7) is 2.92. The van der Waals surface area contributed by atoms with E-state index in [1.807, 2.05) is 19.1 Å². The Labute approximate surface area is 186 Å². The molecule has 8 heteroatoms. The molecule has 1 fully saturated rings. The van der Waals surface area contributed by atoms with Gasteiger partial charge in [0.1, 0.15) is 17.7 Å². The third-order valence-corrected chi connectivity index (χ3v) is 5.52. The first-order valence-corrected chi connectivity index (χ1v) is 10.7. The molecule has 0 radical (unpaired) electrons. The Balaban J connectivity index is 1.67. The highest BCUT2D eigenvalue weighted by molar-refractivity contribution is 5.78. The third-order valence-electron chi connectivity index (χ3n) is 5.52. The number of halogens is 1. The highest BCUT2D eigenvalue weighted by Crippen LogP contribution is 2.38. The second-order valence-corrected chi connectivity index (χ2v) is 7.84. The first kappa shape index (κ1) is 22.1. The average Bonchev–Trinajstić information content (AvgIpc) is 3.59. The smallest absolute Gasteiger partial charge is 0.493 e. The van der Waals surface area contributed by atoms with Gasteiger partial charge in [-0.05, 0) is 66.6 Å². The fourth-order valence-corrected chi connectivity index (χ4v) is 3.80. The molecule has 0 unspecified atom stereocenters. The molecule has 32 heavy (non-hydrogen) atoms. The molecule has 1 heterocycles. The van der Waals surface area contributed by atoms with Crippen LogP contribution in [0.4, 0.5) is 9.18 Å². The lowest BCUT2D eigenvalue weighted by Crippen LogP contribution is -2.34. The second-order valence-electron chi connectivity index (χ2n) is 7.84. The number of fused-ring (bicyclic) bond motifs is 1. The molecule has 0 N–H and O–H groups in total. The molecule has 0 aromatic heterocycles. The predicted octanol–water partition coefficient (Wildman–Crippen LogP) is 4.20. The van der Waals surface area contributed by atoms with Crippen molar-refractivity contribution >= 4 is 12.1 Å². The third kappa shape index (κ3) is 5.02. The number of rotatable bonds is 7. The quantitative estimate of drug-likeness (QED) is 0.594. The van der Waals surface area contributed by atoms with Crippen LogP contribution in [-0.2, 0) is 38.5 Å². The van der Waals surface area contributed by atoms with E-state index in [1.165, 1.54) is 18.2 Å². The van der Waals surface area contributed by atoms with Crippen LogP contribution >= 0.6 is 0 Å². The van der Waals surface area contributed by atoms with E-state index in [1.54, 1.807) is 12.1 Å². The van der Waals surface area contributed by atoms with Crippen molar-refractivity contribution in [1.82, 2.24) is 5.06 Å². The van der Waals surface area contributed by atoms with Gasteiger partial charge in [-0.2, -0.15) is 0 Å². The van der Waals surface area contributed by atoms with E-state index in [2.05, 4.69) is 0 Å². The van der Waals surface area contributed by atoms with Crippen LogP contribution in [0.3, 0.4) is 0 Å². The Morgan fingerprint density at radius 2 is 1.94 bits per heavy atom. The van der Waals surface area contributed by atoms with Crippen LogP contribution < -0.4 is 4.74 Å². The number of methoxy groups -OCH3 is 1. The van der Waals surface area contributed by atoms with Gasteiger partial charge in [0, 0.05) is 12.1 Å². The first-order chi connectivity index (χ1) is 15.5. The molecular formula is C24H26FNO6. The minimum absolute atomic E-state index is 0.0566. The average molecular weight is 443 g/mol. The zero-order valence-corrected chi connectivity index (χ0v) is 18.2. The molecule has 0 atom stereocenters. The minimum Gasteiger partial charge on any atom is -0.493 e. The maximum absolute atomic E-state index is 14.6. The van der Waals surface area contributed by atoms with E-state index in [0.717, 1.165) is 29.5 Å². The van der Waals surface area contributed by atoms with E-state index in [0.29, 0.717) is 36.4 Å². The molecule has 170 valence electrons. The number of carbonyl (C=O) groups is 2. The standard InChI is InChI=1S/C24H26FNO6/c1-3-30-22-9-4-15(13-23(27)29-2)12-19(22)17-7-8-21(25)18-10-11-26(14-20(17)18)32-24(28)31-16-5-6-16/h4,7-9,12,16H,3,5-6,10-11,13-14H2,1-2H3. The summed E-state index contributed by atoms with van der Waals surface area (Å²) in [5.41, 5.74) is 3.56.